The van der Waals surface area contributed by atoms with E-state index >= 15 is 0 Å². The highest BCUT2D eigenvalue weighted by atomic mass is 79.9. The van der Waals surface area contributed by atoms with E-state index in [2.05, 4.69) is 27.8 Å². The quantitative estimate of drug-likeness (QED) is 0.526. The van der Waals surface area contributed by atoms with Gasteiger partial charge in [0.05, 0.1) is 7.11 Å². The second-order valence-electron chi connectivity index (χ2n) is 2.97. The van der Waals surface area contributed by atoms with E-state index in [4.69, 9.17) is 4.74 Å². The van der Waals surface area contributed by atoms with Crippen molar-refractivity contribution in [2.45, 2.75) is 6.42 Å². The van der Waals surface area contributed by atoms with E-state index in [1.54, 1.807) is 6.07 Å². The molecule has 0 fully saturated rings. The van der Waals surface area contributed by atoms with Gasteiger partial charge in [-0.3, -0.25) is 4.79 Å². The molecule has 1 N–H and O–H groups in total. The molecule has 0 amide bonds. The van der Waals surface area contributed by atoms with Gasteiger partial charge < -0.3 is 9.84 Å². The molecule has 0 saturated carbocycles. The molecule has 16 heavy (non-hydrogen) atoms. The summed E-state index contributed by atoms with van der Waals surface area (Å²) in [7, 11) is 1.45. The zero-order valence-electron chi connectivity index (χ0n) is 8.79. The number of hydrogen-bond acceptors (Lipinski definition) is 3. The van der Waals surface area contributed by atoms with Gasteiger partial charge in [0.15, 0.2) is 17.8 Å². The Bertz CT molecular complexity index is 444. The lowest BCUT2D eigenvalue weighted by molar-refractivity contribution is 0.112. The van der Waals surface area contributed by atoms with Gasteiger partial charge in [-0.15, -0.1) is 0 Å². The van der Waals surface area contributed by atoms with Gasteiger partial charge in [0.25, 0.3) is 0 Å². The number of rotatable bonds is 3. The molecule has 0 radical (unpaired) electrons. The monoisotopic (exact) mass is 282 g/mol. The Morgan fingerprint density at radius 3 is 2.88 bits per heavy atom. The number of halogens is 1. The van der Waals surface area contributed by atoms with Crippen LogP contribution in [0.4, 0.5) is 0 Å². The smallest absolute Gasteiger partial charge is 0.161 e. The molecular formula is C12H11BrO3. The van der Waals surface area contributed by atoms with Gasteiger partial charge in [-0.1, -0.05) is 27.8 Å². The minimum Gasteiger partial charge on any atom is -0.504 e. The van der Waals surface area contributed by atoms with Crippen LogP contribution in [-0.2, 0) is 0 Å². The van der Waals surface area contributed by atoms with Crippen molar-refractivity contribution in [3.63, 3.8) is 0 Å². The zero-order chi connectivity index (χ0) is 12.0. The Hall–Kier alpha value is -1.47. The normalized spacial score (nSPS) is 9.12. The van der Waals surface area contributed by atoms with Crippen LogP contribution in [0, 0.1) is 11.8 Å². The first-order valence-corrected chi connectivity index (χ1v) is 5.76. The van der Waals surface area contributed by atoms with Crippen LogP contribution < -0.4 is 4.74 Å². The van der Waals surface area contributed by atoms with Gasteiger partial charge in [0.1, 0.15) is 0 Å². The van der Waals surface area contributed by atoms with E-state index in [0.29, 0.717) is 29.6 Å². The summed E-state index contributed by atoms with van der Waals surface area (Å²) in [5.41, 5.74) is 0.922. The highest BCUT2D eigenvalue weighted by Gasteiger charge is 2.07. The molecule has 0 heterocycles. The fraction of sp³-hybridized carbons (Fsp3) is 0.250. The number of ether oxygens (including phenoxy) is 1. The number of carbonyl (C=O) groups is 1. The summed E-state index contributed by atoms with van der Waals surface area (Å²) in [6.45, 7) is 0. The summed E-state index contributed by atoms with van der Waals surface area (Å²) in [5.74, 6) is 6.02. The van der Waals surface area contributed by atoms with Gasteiger partial charge >= 0.3 is 0 Å². The lowest BCUT2D eigenvalue weighted by atomic mass is 10.1. The van der Waals surface area contributed by atoms with Gasteiger partial charge in [-0.25, -0.2) is 0 Å². The van der Waals surface area contributed by atoms with Crippen LogP contribution in [0.1, 0.15) is 22.3 Å². The molecule has 3 nitrogen and oxygen atoms in total. The Kier molecular flexibility index (Phi) is 4.87. The fourth-order valence-corrected chi connectivity index (χ4v) is 1.36. The summed E-state index contributed by atoms with van der Waals surface area (Å²) in [4.78, 5) is 10.8. The van der Waals surface area contributed by atoms with Crippen molar-refractivity contribution in [1.29, 1.82) is 0 Å². The molecule has 1 aromatic rings. The van der Waals surface area contributed by atoms with E-state index in [1.165, 1.54) is 13.2 Å². The molecule has 1 aromatic carbocycles. The summed E-state index contributed by atoms with van der Waals surface area (Å²) in [6.07, 6.45) is 1.36. The van der Waals surface area contributed by atoms with E-state index in [1.807, 2.05) is 0 Å². The minimum absolute atomic E-state index is 0.0596. The lowest BCUT2D eigenvalue weighted by Crippen LogP contribution is -1.91. The topological polar surface area (TPSA) is 46.5 Å². The molecule has 0 aliphatic rings. The van der Waals surface area contributed by atoms with Crippen LogP contribution >= 0.6 is 15.9 Å². The van der Waals surface area contributed by atoms with Crippen molar-refractivity contribution >= 4 is 22.2 Å². The molecule has 84 valence electrons. The molecule has 0 aromatic heterocycles. The van der Waals surface area contributed by atoms with Crippen molar-refractivity contribution in [2.75, 3.05) is 12.4 Å². The summed E-state index contributed by atoms with van der Waals surface area (Å²) >= 11 is 3.26. The van der Waals surface area contributed by atoms with Crippen LogP contribution in [0.15, 0.2) is 12.1 Å². The highest BCUT2D eigenvalue weighted by Crippen LogP contribution is 2.28. The second kappa shape index (κ2) is 6.19. The Labute approximate surface area is 103 Å². The maximum atomic E-state index is 10.8. The predicted octanol–water partition coefficient (Wildman–Crippen LogP) is 2.35. The van der Waals surface area contributed by atoms with Crippen molar-refractivity contribution in [3.8, 4) is 23.3 Å². The van der Waals surface area contributed by atoms with E-state index in [9.17, 15) is 9.90 Å². The molecule has 0 unspecified atom stereocenters. The first kappa shape index (κ1) is 12.6. The molecule has 0 spiro atoms. The summed E-state index contributed by atoms with van der Waals surface area (Å²) < 4.78 is 4.95. The van der Waals surface area contributed by atoms with Crippen molar-refractivity contribution < 1.29 is 14.6 Å². The van der Waals surface area contributed by atoms with Gasteiger partial charge in [0.2, 0.25) is 0 Å². The molecule has 4 heteroatoms. The Morgan fingerprint density at radius 2 is 2.31 bits per heavy atom. The number of methoxy groups -OCH3 is 1. The van der Waals surface area contributed by atoms with Crippen LogP contribution in [0.2, 0.25) is 0 Å². The van der Waals surface area contributed by atoms with E-state index in [-0.39, 0.29) is 5.75 Å². The molecule has 0 aliphatic carbocycles. The number of phenolic OH excluding ortho intramolecular Hbond substituents is 1. The van der Waals surface area contributed by atoms with Crippen molar-refractivity contribution in [2.24, 2.45) is 0 Å². The highest BCUT2D eigenvalue weighted by molar-refractivity contribution is 9.09. The number of hydrogen-bond donors (Lipinski definition) is 1. The second-order valence-corrected chi connectivity index (χ2v) is 3.76. The standard InChI is InChI=1S/C12H11BrO3/c1-16-12-7-9(4-2-3-5-13)10(8-14)6-11(12)15/h6-8,15H,3,5H2,1H3. The Morgan fingerprint density at radius 1 is 1.56 bits per heavy atom. The van der Waals surface area contributed by atoms with E-state index < -0.39 is 0 Å². The van der Waals surface area contributed by atoms with Crippen LogP contribution in [0.3, 0.4) is 0 Å². The molecule has 0 atom stereocenters. The number of carbonyl (C=O) groups excluding carboxylic acids is 1. The predicted molar refractivity (Wildman–Crippen MR) is 65.3 cm³/mol. The summed E-state index contributed by atoms with van der Waals surface area (Å²) in [5, 5.41) is 10.3. The third-order valence-electron chi connectivity index (χ3n) is 1.92. The number of alkyl halides is 1. The minimum atomic E-state index is -0.0596. The third kappa shape index (κ3) is 3.01. The Balaban J connectivity index is 3.16. The van der Waals surface area contributed by atoms with Crippen molar-refractivity contribution in [1.82, 2.24) is 0 Å². The first-order valence-electron chi connectivity index (χ1n) is 4.64. The first-order chi connectivity index (χ1) is 7.72. The number of benzene rings is 1. The number of aldehydes is 1. The SMILES string of the molecule is COc1cc(C#CCCBr)c(C=O)cc1O. The largest absolute Gasteiger partial charge is 0.504 e. The van der Waals surface area contributed by atoms with Gasteiger partial charge in [-0.05, 0) is 6.07 Å². The molecule has 0 saturated heterocycles. The molecule has 1 rings (SSSR count). The summed E-state index contributed by atoms with van der Waals surface area (Å²) in [6, 6.07) is 2.91. The lowest BCUT2D eigenvalue weighted by Gasteiger charge is -2.05. The zero-order valence-corrected chi connectivity index (χ0v) is 10.4. The third-order valence-corrected chi connectivity index (χ3v) is 2.32. The van der Waals surface area contributed by atoms with Crippen LogP contribution in [0.5, 0.6) is 11.5 Å². The number of phenols is 1. The number of aromatic hydroxyl groups is 1. The van der Waals surface area contributed by atoms with Gasteiger partial charge in [0, 0.05) is 28.9 Å². The van der Waals surface area contributed by atoms with Crippen molar-refractivity contribution in [3.05, 3.63) is 23.3 Å². The maximum Gasteiger partial charge on any atom is 0.161 e. The average molecular weight is 283 g/mol. The molecular weight excluding hydrogens is 272 g/mol. The molecule has 0 aliphatic heterocycles. The maximum absolute atomic E-state index is 10.8. The fourth-order valence-electron chi connectivity index (χ4n) is 1.16. The van der Waals surface area contributed by atoms with E-state index in [0.717, 1.165) is 5.33 Å². The molecule has 0 bridgehead atoms. The van der Waals surface area contributed by atoms with Crippen LogP contribution in [0.25, 0.3) is 0 Å². The average Bonchev–Trinajstić information content (AvgIpc) is 2.30. The van der Waals surface area contributed by atoms with Gasteiger partial charge in [-0.2, -0.15) is 0 Å². The van der Waals surface area contributed by atoms with Crippen LogP contribution in [-0.4, -0.2) is 23.8 Å².